The van der Waals surface area contributed by atoms with Crippen LogP contribution in [0.2, 0.25) is 5.02 Å². The minimum Gasteiger partial charge on any atom is -0.503 e. The number of aromatic nitrogens is 1. The van der Waals surface area contributed by atoms with Crippen molar-refractivity contribution >= 4 is 40.0 Å². The zero-order valence-electron chi connectivity index (χ0n) is 15.7. The van der Waals surface area contributed by atoms with Gasteiger partial charge in [0.2, 0.25) is 0 Å². The molecule has 0 saturated heterocycles. The lowest BCUT2D eigenvalue weighted by atomic mass is 10.1. The fraction of sp³-hybridized carbons (Fsp3) is 0. The van der Waals surface area contributed by atoms with E-state index >= 15 is 0 Å². The minimum absolute atomic E-state index is 0.0187. The van der Waals surface area contributed by atoms with Crippen LogP contribution in [0.4, 0.5) is 5.69 Å². The number of aliphatic hydroxyl groups excluding tert-OH is 1. The second-order valence-corrected chi connectivity index (χ2v) is 7.64. The second kappa shape index (κ2) is 8.44. The summed E-state index contributed by atoms with van der Waals surface area (Å²) in [6.07, 6.45) is 0. The Morgan fingerprint density at radius 2 is 1.77 bits per heavy atom. The van der Waals surface area contributed by atoms with Gasteiger partial charge in [0.1, 0.15) is 22.4 Å². The molecule has 2 aromatic heterocycles. The maximum atomic E-state index is 10.8. The average Bonchev–Trinajstić information content (AvgIpc) is 3.45. The fourth-order valence-electron chi connectivity index (χ4n) is 2.83. The SMILES string of the molecule is N#CC(=C(O)c1ccc(-c2ccc([N+](=O)[O-])cc2)o1)c1nc(-c2ccc(Cl)cc2)cs1. The fourth-order valence-corrected chi connectivity index (χ4v) is 3.78. The standard InChI is InChI=1S/C22H12ClN3O4S/c23-15-5-1-13(2-6-15)18-12-31-22(25-18)17(11-24)21(27)20-10-9-19(30-20)14-3-7-16(8-4-14)26(28)29/h1-10,12,27H. The Labute approximate surface area is 185 Å². The topological polar surface area (TPSA) is 113 Å². The van der Waals surface area contributed by atoms with Crippen LogP contribution in [-0.2, 0) is 0 Å². The highest BCUT2D eigenvalue weighted by Gasteiger charge is 2.18. The quantitative estimate of drug-likeness (QED) is 0.159. The number of furan rings is 1. The first-order valence-corrected chi connectivity index (χ1v) is 10.1. The molecule has 31 heavy (non-hydrogen) atoms. The lowest BCUT2D eigenvalue weighted by molar-refractivity contribution is -0.384. The van der Waals surface area contributed by atoms with Crippen molar-refractivity contribution in [2.75, 3.05) is 0 Å². The van der Waals surface area contributed by atoms with E-state index in [1.54, 1.807) is 35.7 Å². The summed E-state index contributed by atoms with van der Waals surface area (Å²) in [5, 5.41) is 33.8. The van der Waals surface area contributed by atoms with Gasteiger partial charge in [-0.3, -0.25) is 10.1 Å². The van der Waals surface area contributed by atoms with Crippen LogP contribution in [0.25, 0.3) is 33.9 Å². The summed E-state index contributed by atoms with van der Waals surface area (Å²) in [5.74, 6) is 0.149. The van der Waals surface area contributed by atoms with Crippen LogP contribution >= 0.6 is 22.9 Å². The van der Waals surface area contributed by atoms with Crippen molar-refractivity contribution < 1.29 is 14.4 Å². The number of non-ortho nitro benzene ring substituents is 1. The predicted octanol–water partition coefficient (Wildman–Crippen LogP) is 6.58. The van der Waals surface area contributed by atoms with E-state index in [-0.39, 0.29) is 22.8 Å². The van der Waals surface area contributed by atoms with Gasteiger partial charge in [-0.05, 0) is 36.4 Å². The van der Waals surface area contributed by atoms with Gasteiger partial charge in [-0.2, -0.15) is 5.26 Å². The monoisotopic (exact) mass is 449 g/mol. The third-order valence-corrected chi connectivity index (χ3v) is 5.52. The third kappa shape index (κ3) is 4.19. The van der Waals surface area contributed by atoms with Crippen LogP contribution < -0.4 is 0 Å². The zero-order valence-corrected chi connectivity index (χ0v) is 17.2. The molecule has 4 rings (SSSR count). The number of hydrogen-bond acceptors (Lipinski definition) is 7. The van der Waals surface area contributed by atoms with Gasteiger partial charge >= 0.3 is 0 Å². The lowest BCUT2D eigenvalue weighted by Crippen LogP contribution is -1.89. The summed E-state index contributed by atoms with van der Waals surface area (Å²) >= 11 is 7.13. The zero-order chi connectivity index (χ0) is 22.0. The Balaban J connectivity index is 1.65. The number of nitro groups is 1. The summed E-state index contributed by atoms with van der Waals surface area (Å²) in [5.41, 5.74) is 2.04. The minimum atomic E-state index is -0.489. The molecule has 0 aliphatic carbocycles. The number of halogens is 1. The van der Waals surface area contributed by atoms with E-state index in [2.05, 4.69) is 4.98 Å². The Hall–Kier alpha value is -3.93. The summed E-state index contributed by atoms with van der Waals surface area (Å²) < 4.78 is 5.67. The first kappa shape index (κ1) is 20.3. The van der Waals surface area contributed by atoms with E-state index in [4.69, 9.17) is 16.0 Å². The molecule has 0 radical (unpaired) electrons. The van der Waals surface area contributed by atoms with E-state index in [9.17, 15) is 20.5 Å². The highest BCUT2D eigenvalue weighted by atomic mass is 35.5. The van der Waals surface area contributed by atoms with Gasteiger partial charge in [0.15, 0.2) is 11.5 Å². The van der Waals surface area contributed by atoms with Crippen LogP contribution in [0.1, 0.15) is 10.8 Å². The van der Waals surface area contributed by atoms with Crippen molar-refractivity contribution in [1.29, 1.82) is 5.26 Å². The summed E-state index contributed by atoms with van der Waals surface area (Å²) in [4.78, 5) is 14.8. The molecule has 7 nitrogen and oxygen atoms in total. The highest BCUT2D eigenvalue weighted by Crippen LogP contribution is 2.33. The average molecular weight is 450 g/mol. The van der Waals surface area contributed by atoms with Crippen molar-refractivity contribution in [3.05, 3.63) is 91.9 Å². The summed E-state index contributed by atoms with van der Waals surface area (Å²) in [7, 11) is 0. The first-order valence-electron chi connectivity index (χ1n) is 8.86. The number of nitro benzene ring substituents is 1. The number of allylic oxidation sites excluding steroid dienone is 1. The molecule has 0 atom stereocenters. The number of hydrogen-bond donors (Lipinski definition) is 1. The summed E-state index contributed by atoms with van der Waals surface area (Å²) in [6.45, 7) is 0. The Kier molecular flexibility index (Phi) is 5.54. The third-order valence-electron chi connectivity index (χ3n) is 4.41. The van der Waals surface area contributed by atoms with Crippen molar-refractivity contribution in [3.63, 3.8) is 0 Å². The molecule has 152 valence electrons. The van der Waals surface area contributed by atoms with Gasteiger partial charge < -0.3 is 9.52 Å². The molecule has 4 aromatic rings. The molecule has 2 heterocycles. The number of benzene rings is 2. The molecule has 9 heteroatoms. The second-order valence-electron chi connectivity index (χ2n) is 6.35. The largest absolute Gasteiger partial charge is 0.503 e. The number of aliphatic hydroxyl groups is 1. The van der Waals surface area contributed by atoms with Crippen molar-refractivity contribution in [1.82, 2.24) is 4.98 Å². The number of nitriles is 1. The van der Waals surface area contributed by atoms with E-state index in [1.165, 1.54) is 29.5 Å². The molecule has 0 aliphatic heterocycles. The van der Waals surface area contributed by atoms with Gasteiger partial charge in [0, 0.05) is 33.7 Å². The van der Waals surface area contributed by atoms with E-state index in [0.29, 0.717) is 27.0 Å². The van der Waals surface area contributed by atoms with Gasteiger partial charge in [0.05, 0.1) is 10.6 Å². The predicted molar refractivity (Wildman–Crippen MR) is 118 cm³/mol. The molecular formula is C22H12ClN3O4S. The Morgan fingerprint density at radius 3 is 2.42 bits per heavy atom. The maximum Gasteiger partial charge on any atom is 0.269 e. The molecule has 0 fully saturated rings. The van der Waals surface area contributed by atoms with Crippen molar-refractivity contribution in [3.8, 4) is 28.7 Å². The van der Waals surface area contributed by atoms with Crippen LogP contribution in [0.3, 0.4) is 0 Å². The van der Waals surface area contributed by atoms with Gasteiger partial charge in [0.25, 0.3) is 5.69 Å². The van der Waals surface area contributed by atoms with E-state index < -0.39 is 4.92 Å². The van der Waals surface area contributed by atoms with E-state index in [1.807, 2.05) is 18.2 Å². The number of rotatable bonds is 5. The maximum absolute atomic E-state index is 10.8. The molecule has 0 spiro atoms. The molecule has 0 unspecified atom stereocenters. The molecule has 0 amide bonds. The van der Waals surface area contributed by atoms with E-state index in [0.717, 1.165) is 5.56 Å². The number of nitrogens with zero attached hydrogens (tertiary/aromatic N) is 3. The Morgan fingerprint density at radius 1 is 1.10 bits per heavy atom. The Bertz CT molecular complexity index is 1330. The van der Waals surface area contributed by atoms with Crippen LogP contribution in [0, 0.1) is 21.4 Å². The highest BCUT2D eigenvalue weighted by molar-refractivity contribution is 7.11. The molecule has 0 aliphatic rings. The van der Waals surface area contributed by atoms with Gasteiger partial charge in [-0.1, -0.05) is 23.7 Å². The lowest BCUT2D eigenvalue weighted by Gasteiger charge is -2.00. The van der Waals surface area contributed by atoms with Crippen molar-refractivity contribution in [2.45, 2.75) is 0 Å². The van der Waals surface area contributed by atoms with Gasteiger partial charge in [-0.15, -0.1) is 11.3 Å². The van der Waals surface area contributed by atoms with Crippen molar-refractivity contribution in [2.24, 2.45) is 0 Å². The first-order chi connectivity index (χ1) is 15.0. The molecule has 2 aromatic carbocycles. The molecule has 0 saturated carbocycles. The smallest absolute Gasteiger partial charge is 0.269 e. The molecule has 1 N–H and O–H groups in total. The molecular weight excluding hydrogens is 438 g/mol. The molecule has 0 bridgehead atoms. The number of thiazole rings is 1. The van der Waals surface area contributed by atoms with Crippen LogP contribution in [-0.4, -0.2) is 15.0 Å². The normalized spacial score (nSPS) is 11.6. The van der Waals surface area contributed by atoms with Crippen LogP contribution in [0.5, 0.6) is 0 Å². The van der Waals surface area contributed by atoms with Gasteiger partial charge in [-0.25, -0.2) is 4.98 Å². The summed E-state index contributed by atoms with van der Waals surface area (Å²) in [6, 6.07) is 18.1. The van der Waals surface area contributed by atoms with Crippen LogP contribution in [0.15, 0.2) is 70.5 Å².